The molecule has 2 aliphatic heterocycles. The second kappa shape index (κ2) is 3.57. The molecule has 1 amide bonds. The highest BCUT2D eigenvalue weighted by Crippen LogP contribution is 2.38. The molecule has 0 saturated heterocycles. The Morgan fingerprint density at radius 3 is 2.82 bits per heavy atom. The first-order chi connectivity index (χ1) is 8.08. The van der Waals surface area contributed by atoms with E-state index in [1.165, 1.54) is 0 Å². The van der Waals surface area contributed by atoms with Crippen molar-refractivity contribution in [2.75, 3.05) is 11.4 Å². The van der Waals surface area contributed by atoms with Crippen LogP contribution in [0, 0.1) is 0 Å². The molecule has 3 rings (SSSR count). The zero-order valence-corrected chi connectivity index (χ0v) is 10.3. The molecular weight excluding hydrogens is 238 g/mol. The summed E-state index contributed by atoms with van der Waals surface area (Å²) in [5.41, 5.74) is 3.76. The molecule has 17 heavy (non-hydrogen) atoms. The van der Waals surface area contributed by atoms with E-state index in [-0.39, 0.29) is 11.7 Å². The highest BCUT2D eigenvalue weighted by molar-refractivity contribution is 6.33. The van der Waals surface area contributed by atoms with Crippen molar-refractivity contribution in [2.45, 2.75) is 25.1 Å². The number of ketones is 1. The van der Waals surface area contributed by atoms with Gasteiger partial charge in [-0.2, -0.15) is 0 Å². The van der Waals surface area contributed by atoms with Gasteiger partial charge in [-0.25, -0.2) is 0 Å². The predicted molar refractivity (Wildman–Crippen MR) is 65.8 cm³/mol. The molecule has 0 spiro atoms. The lowest BCUT2D eigenvalue weighted by molar-refractivity contribution is -0.117. The van der Waals surface area contributed by atoms with Gasteiger partial charge in [-0.3, -0.25) is 9.59 Å². The lowest BCUT2D eigenvalue weighted by Crippen LogP contribution is -2.24. The number of amides is 1. The number of rotatable bonds is 2. The lowest BCUT2D eigenvalue weighted by atomic mass is 9.99. The maximum absolute atomic E-state index is 11.9. The minimum absolute atomic E-state index is 0.0662. The highest BCUT2D eigenvalue weighted by Gasteiger charge is 2.34. The molecular formula is C13H12ClNO2. The summed E-state index contributed by atoms with van der Waals surface area (Å²) in [6, 6.07) is 3.71. The van der Waals surface area contributed by atoms with Gasteiger partial charge < -0.3 is 4.90 Å². The van der Waals surface area contributed by atoms with Gasteiger partial charge >= 0.3 is 0 Å². The summed E-state index contributed by atoms with van der Waals surface area (Å²) in [5.74, 6) is 0.0748. The Hall–Kier alpha value is -1.35. The summed E-state index contributed by atoms with van der Waals surface area (Å²) < 4.78 is 0. The van der Waals surface area contributed by atoms with E-state index >= 15 is 0 Å². The average molecular weight is 250 g/mol. The van der Waals surface area contributed by atoms with Crippen LogP contribution in [0.4, 0.5) is 5.69 Å². The fourth-order valence-corrected chi connectivity index (χ4v) is 2.78. The number of nitrogens with zero attached hydrogens (tertiary/aromatic N) is 1. The largest absolute Gasteiger partial charge is 0.311 e. The van der Waals surface area contributed by atoms with Crippen LogP contribution in [0.3, 0.4) is 0 Å². The molecule has 0 bridgehead atoms. The van der Waals surface area contributed by atoms with Crippen molar-refractivity contribution in [3.8, 4) is 0 Å². The molecule has 0 radical (unpaired) electrons. The van der Waals surface area contributed by atoms with Gasteiger partial charge in [0.05, 0.1) is 17.5 Å². The quantitative estimate of drug-likeness (QED) is 0.593. The number of alkyl halides is 1. The van der Waals surface area contributed by atoms with E-state index in [0.717, 1.165) is 29.8 Å². The predicted octanol–water partition coefficient (Wildman–Crippen LogP) is 1.94. The van der Waals surface area contributed by atoms with Crippen LogP contribution in [0.15, 0.2) is 12.1 Å². The summed E-state index contributed by atoms with van der Waals surface area (Å²) in [5, 5.41) is -0.519. The maximum Gasteiger partial charge on any atom is 0.231 e. The van der Waals surface area contributed by atoms with Crippen molar-refractivity contribution in [2.24, 2.45) is 0 Å². The van der Waals surface area contributed by atoms with Gasteiger partial charge in [0.1, 0.15) is 0 Å². The van der Waals surface area contributed by atoms with Gasteiger partial charge in [0.25, 0.3) is 0 Å². The normalized spacial score (nSPS) is 18.5. The number of anilines is 1. The zero-order chi connectivity index (χ0) is 12.2. The Morgan fingerprint density at radius 2 is 2.12 bits per heavy atom. The van der Waals surface area contributed by atoms with Crippen molar-refractivity contribution in [1.82, 2.24) is 0 Å². The molecule has 2 heterocycles. The van der Waals surface area contributed by atoms with E-state index < -0.39 is 5.38 Å². The first kappa shape index (κ1) is 10.8. The Bertz CT molecular complexity index is 536. The van der Waals surface area contributed by atoms with Crippen LogP contribution in [0.5, 0.6) is 0 Å². The van der Waals surface area contributed by atoms with E-state index in [4.69, 9.17) is 11.6 Å². The maximum atomic E-state index is 11.9. The van der Waals surface area contributed by atoms with E-state index in [2.05, 4.69) is 0 Å². The molecule has 0 aliphatic carbocycles. The van der Waals surface area contributed by atoms with E-state index in [1.54, 1.807) is 6.92 Å². The van der Waals surface area contributed by atoms with Crippen LogP contribution in [-0.2, 0) is 17.6 Å². The number of hydrogen-bond acceptors (Lipinski definition) is 2. The molecule has 4 heteroatoms. The van der Waals surface area contributed by atoms with E-state index in [1.807, 2.05) is 17.0 Å². The zero-order valence-electron chi connectivity index (χ0n) is 9.50. The number of halogens is 1. The third-order valence-corrected chi connectivity index (χ3v) is 3.63. The summed E-state index contributed by atoms with van der Waals surface area (Å²) in [4.78, 5) is 25.4. The van der Waals surface area contributed by atoms with Crippen LogP contribution in [0.25, 0.3) is 0 Å². The van der Waals surface area contributed by atoms with Crippen LogP contribution in [0.2, 0.25) is 0 Å². The Labute approximate surface area is 104 Å². The number of Topliss-reactive ketones (excluding diaryl/α,β-unsaturated/α-hetero) is 1. The van der Waals surface area contributed by atoms with Gasteiger partial charge in [0.15, 0.2) is 5.78 Å². The Balaban J connectivity index is 2.11. The Morgan fingerprint density at radius 1 is 1.41 bits per heavy atom. The smallest absolute Gasteiger partial charge is 0.231 e. The standard InChI is InChI=1S/C13H12ClNO2/c1-7(14)13(17)10-4-8-2-3-15-11(16)6-9(5-10)12(8)15/h4-5,7H,2-3,6H2,1H3. The van der Waals surface area contributed by atoms with E-state index in [9.17, 15) is 9.59 Å². The molecule has 0 aromatic heterocycles. The van der Waals surface area contributed by atoms with Crippen LogP contribution in [-0.4, -0.2) is 23.6 Å². The van der Waals surface area contributed by atoms with Crippen molar-refractivity contribution in [1.29, 1.82) is 0 Å². The average Bonchev–Trinajstić information content (AvgIpc) is 2.84. The summed E-state index contributed by atoms with van der Waals surface area (Å²) >= 11 is 5.82. The van der Waals surface area contributed by atoms with Gasteiger partial charge in [0, 0.05) is 12.1 Å². The molecule has 1 aromatic rings. The molecule has 1 unspecified atom stereocenters. The van der Waals surface area contributed by atoms with Crippen molar-refractivity contribution < 1.29 is 9.59 Å². The number of carbonyl (C=O) groups excluding carboxylic acids is 2. The van der Waals surface area contributed by atoms with Crippen LogP contribution >= 0.6 is 11.6 Å². The second-order valence-corrected chi connectivity index (χ2v) is 5.25. The van der Waals surface area contributed by atoms with Crippen molar-refractivity contribution >= 4 is 29.0 Å². The minimum Gasteiger partial charge on any atom is -0.311 e. The van der Waals surface area contributed by atoms with Crippen molar-refractivity contribution in [3.63, 3.8) is 0 Å². The summed E-state index contributed by atoms with van der Waals surface area (Å²) in [6.45, 7) is 2.42. The minimum atomic E-state index is -0.519. The van der Waals surface area contributed by atoms with Gasteiger partial charge in [-0.1, -0.05) is 0 Å². The summed E-state index contributed by atoms with van der Waals surface area (Å²) in [6.07, 6.45) is 1.26. The molecule has 2 aliphatic rings. The number of hydrogen-bond donors (Lipinski definition) is 0. The molecule has 0 saturated carbocycles. The van der Waals surface area contributed by atoms with Crippen LogP contribution in [0.1, 0.15) is 28.4 Å². The fourth-order valence-electron chi connectivity index (χ4n) is 2.66. The molecule has 1 aromatic carbocycles. The Kier molecular flexibility index (Phi) is 2.26. The lowest BCUT2D eigenvalue weighted by Gasteiger charge is -2.10. The topological polar surface area (TPSA) is 37.4 Å². The number of benzene rings is 1. The van der Waals surface area contributed by atoms with Crippen molar-refractivity contribution in [3.05, 3.63) is 28.8 Å². The van der Waals surface area contributed by atoms with Gasteiger partial charge in [0.2, 0.25) is 5.91 Å². The molecule has 1 atom stereocenters. The number of carbonyl (C=O) groups is 2. The second-order valence-electron chi connectivity index (χ2n) is 4.60. The van der Waals surface area contributed by atoms with Crippen LogP contribution < -0.4 is 4.90 Å². The molecule has 88 valence electrons. The van der Waals surface area contributed by atoms with Gasteiger partial charge in [-0.15, -0.1) is 11.6 Å². The third-order valence-electron chi connectivity index (χ3n) is 3.43. The fraction of sp³-hybridized carbons (Fsp3) is 0.385. The SMILES string of the molecule is CC(Cl)C(=O)c1cc2c3c(c1)CC(=O)N3CC2. The third kappa shape index (κ3) is 1.49. The van der Waals surface area contributed by atoms with Gasteiger partial charge in [-0.05, 0) is 36.6 Å². The monoisotopic (exact) mass is 249 g/mol. The first-order valence-corrected chi connectivity index (χ1v) is 6.16. The highest BCUT2D eigenvalue weighted by atomic mass is 35.5. The molecule has 0 N–H and O–H groups in total. The molecule has 3 nitrogen and oxygen atoms in total. The van der Waals surface area contributed by atoms with E-state index in [0.29, 0.717) is 12.0 Å². The first-order valence-electron chi connectivity index (χ1n) is 5.72. The summed E-state index contributed by atoms with van der Waals surface area (Å²) in [7, 11) is 0. The molecule has 0 fully saturated rings.